The largest absolute Gasteiger partial charge is 0.296 e. The maximum Gasteiger partial charge on any atom is 0.167 e. The molecule has 2 aromatic rings. The predicted molar refractivity (Wildman–Crippen MR) is 75.5 cm³/mol. The third kappa shape index (κ3) is 2.29. The van der Waals surface area contributed by atoms with E-state index in [1.807, 2.05) is 36.4 Å². The summed E-state index contributed by atoms with van der Waals surface area (Å²) in [4.78, 5) is 20.3. The van der Waals surface area contributed by atoms with Crippen LogP contribution in [0.15, 0.2) is 41.4 Å². The summed E-state index contributed by atoms with van der Waals surface area (Å²) in [6.45, 7) is 0. The summed E-state index contributed by atoms with van der Waals surface area (Å²) >= 11 is 1.64. The minimum atomic E-state index is -0.178. The number of aliphatic imine (C=N–C) groups is 1. The van der Waals surface area contributed by atoms with Crippen molar-refractivity contribution in [3.63, 3.8) is 0 Å². The standard InChI is InChI=1S/C14H12N2OS/c17-14-9-18-8-13(14)15-7-11-6-5-10-3-1-2-4-12(10)16-11/h1-7,13H,8-9H2. The second-order valence-corrected chi connectivity index (χ2v) is 5.23. The van der Waals surface area contributed by atoms with Gasteiger partial charge in [0, 0.05) is 17.4 Å². The van der Waals surface area contributed by atoms with Gasteiger partial charge in [-0.25, -0.2) is 4.98 Å². The smallest absolute Gasteiger partial charge is 0.167 e. The SMILES string of the molecule is O=C1CSCC1N=Cc1ccc2ccccc2n1. The van der Waals surface area contributed by atoms with Crippen LogP contribution in [0.1, 0.15) is 5.69 Å². The van der Waals surface area contributed by atoms with E-state index in [9.17, 15) is 4.79 Å². The number of pyridine rings is 1. The normalized spacial score (nSPS) is 20.0. The molecule has 0 spiro atoms. The number of hydrogen-bond acceptors (Lipinski definition) is 4. The first kappa shape index (κ1) is 11.4. The molecule has 0 radical (unpaired) electrons. The van der Waals surface area contributed by atoms with Gasteiger partial charge in [0.2, 0.25) is 0 Å². The third-order valence-electron chi connectivity index (χ3n) is 2.90. The highest BCUT2D eigenvalue weighted by Crippen LogP contribution is 2.17. The van der Waals surface area contributed by atoms with Crippen LogP contribution in [0.4, 0.5) is 0 Å². The molecular formula is C14H12N2OS. The van der Waals surface area contributed by atoms with Gasteiger partial charge >= 0.3 is 0 Å². The van der Waals surface area contributed by atoms with Crippen LogP contribution in [0, 0.1) is 0 Å². The van der Waals surface area contributed by atoms with Crippen molar-refractivity contribution in [2.45, 2.75) is 6.04 Å². The molecule has 90 valence electrons. The number of carbonyl (C=O) groups is 1. The van der Waals surface area contributed by atoms with Gasteiger partial charge in [-0.1, -0.05) is 24.3 Å². The molecule has 3 nitrogen and oxygen atoms in total. The first-order valence-electron chi connectivity index (χ1n) is 5.82. The van der Waals surface area contributed by atoms with E-state index in [1.165, 1.54) is 0 Å². The maximum absolute atomic E-state index is 11.5. The topological polar surface area (TPSA) is 42.3 Å². The van der Waals surface area contributed by atoms with Crippen LogP contribution < -0.4 is 0 Å². The van der Waals surface area contributed by atoms with E-state index in [0.717, 1.165) is 22.3 Å². The monoisotopic (exact) mass is 256 g/mol. The van der Waals surface area contributed by atoms with Gasteiger partial charge in [0.1, 0.15) is 6.04 Å². The van der Waals surface area contributed by atoms with Crippen molar-refractivity contribution in [2.75, 3.05) is 11.5 Å². The van der Waals surface area contributed by atoms with Crippen LogP contribution in [0.5, 0.6) is 0 Å². The van der Waals surface area contributed by atoms with Gasteiger partial charge in [-0.3, -0.25) is 9.79 Å². The Morgan fingerprint density at radius 3 is 3.00 bits per heavy atom. The minimum absolute atomic E-state index is 0.178. The number of Topliss-reactive ketones (excluding diaryl/α,β-unsaturated/α-hetero) is 1. The van der Waals surface area contributed by atoms with Crippen LogP contribution in [0.2, 0.25) is 0 Å². The molecule has 3 rings (SSSR count). The number of hydrogen-bond donors (Lipinski definition) is 0. The lowest BCUT2D eigenvalue weighted by atomic mass is 10.2. The summed E-state index contributed by atoms with van der Waals surface area (Å²) in [6.07, 6.45) is 1.71. The summed E-state index contributed by atoms with van der Waals surface area (Å²) in [5.74, 6) is 1.60. The molecule has 0 amide bonds. The summed E-state index contributed by atoms with van der Waals surface area (Å²) < 4.78 is 0. The summed E-state index contributed by atoms with van der Waals surface area (Å²) in [7, 11) is 0. The third-order valence-corrected chi connectivity index (χ3v) is 3.94. The molecule has 1 aliphatic rings. The fourth-order valence-electron chi connectivity index (χ4n) is 1.91. The molecule has 0 aliphatic carbocycles. The molecule has 2 heterocycles. The number of para-hydroxylation sites is 1. The zero-order chi connectivity index (χ0) is 12.4. The number of aromatic nitrogens is 1. The van der Waals surface area contributed by atoms with Gasteiger partial charge in [0.15, 0.2) is 5.78 Å². The van der Waals surface area contributed by atoms with E-state index in [0.29, 0.717) is 5.75 Å². The van der Waals surface area contributed by atoms with Crippen LogP contribution in [0.3, 0.4) is 0 Å². The van der Waals surface area contributed by atoms with Crippen molar-refractivity contribution >= 4 is 34.7 Å². The van der Waals surface area contributed by atoms with E-state index in [-0.39, 0.29) is 11.8 Å². The highest BCUT2D eigenvalue weighted by molar-refractivity contribution is 8.00. The zero-order valence-electron chi connectivity index (χ0n) is 9.74. The van der Waals surface area contributed by atoms with Crippen LogP contribution in [-0.2, 0) is 4.79 Å². The number of benzene rings is 1. The van der Waals surface area contributed by atoms with E-state index in [2.05, 4.69) is 9.98 Å². The number of rotatable bonds is 2. The Bertz CT molecular complexity index is 624. The van der Waals surface area contributed by atoms with Gasteiger partial charge < -0.3 is 0 Å². The van der Waals surface area contributed by atoms with Gasteiger partial charge in [0.05, 0.1) is 17.0 Å². The number of ketones is 1. The van der Waals surface area contributed by atoms with Crippen molar-refractivity contribution in [1.29, 1.82) is 0 Å². The molecule has 1 fully saturated rings. The molecule has 1 saturated heterocycles. The fraction of sp³-hybridized carbons (Fsp3) is 0.214. The van der Waals surface area contributed by atoms with Crippen LogP contribution >= 0.6 is 11.8 Å². The molecule has 0 saturated carbocycles. The first-order chi connectivity index (χ1) is 8.83. The van der Waals surface area contributed by atoms with Gasteiger partial charge in [0.25, 0.3) is 0 Å². The Hall–Kier alpha value is -1.68. The Morgan fingerprint density at radius 1 is 1.28 bits per heavy atom. The molecule has 18 heavy (non-hydrogen) atoms. The molecule has 0 bridgehead atoms. The average molecular weight is 256 g/mol. The molecule has 1 aliphatic heterocycles. The minimum Gasteiger partial charge on any atom is -0.296 e. The Kier molecular flexibility index (Phi) is 3.11. The molecule has 4 heteroatoms. The Labute approximate surface area is 109 Å². The molecule has 1 aromatic heterocycles. The zero-order valence-corrected chi connectivity index (χ0v) is 10.6. The molecule has 1 aromatic carbocycles. The van der Waals surface area contributed by atoms with E-state index in [1.54, 1.807) is 18.0 Å². The van der Waals surface area contributed by atoms with Gasteiger partial charge in [-0.15, -0.1) is 0 Å². The van der Waals surface area contributed by atoms with Crippen LogP contribution in [-0.4, -0.2) is 34.5 Å². The van der Waals surface area contributed by atoms with Crippen molar-refractivity contribution in [1.82, 2.24) is 4.98 Å². The number of thioether (sulfide) groups is 1. The Balaban J connectivity index is 1.86. The average Bonchev–Trinajstić information content (AvgIpc) is 2.82. The van der Waals surface area contributed by atoms with E-state index >= 15 is 0 Å². The van der Waals surface area contributed by atoms with Gasteiger partial charge in [-0.05, 0) is 12.1 Å². The molecular weight excluding hydrogens is 244 g/mol. The highest BCUT2D eigenvalue weighted by atomic mass is 32.2. The lowest BCUT2D eigenvalue weighted by Gasteiger charge is -2.00. The number of carbonyl (C=O) groups excluding carboxylic acids is 1. The molecule has 1 unspecified atom stereocenters. The van der Waals surface area contributed by atoms with Gasteiger partial charge in [-0.2, -0.15) is 11.8 Å². The molecule has 0 N–H and O–H groups in total. The van der Waals surface area contributed by atoms with Crippen LogP contribution in [0.25, 0.3) is 10.9 Å². The number of fused-ring (bicyclic) bond motifs is 1. The first-order valence-corrected chi connectivity index (χ1v) is 6.98. The highest BCUT2D eigenvalue weighted by Gasteiger charge is 2.23. The van der Waals surface area contributed by atoms with Crippen molar-refractivity contribution in [3.8, 4) is 0 Å². The Morgan fingerprint density at radius 2 is 2.17 bits per heavy atom. The summed E-state index contributed by atoms with van der Waals surface area (Å²) in [6, 6.07) is 11.7. The van der Waals surface area contributed by atoms with E-state index < -0.39 is 0 Å². The summed E-state index contributed by atoms with van der Waals surface area (Å²) in [5, 5.41) is 1.11. The van der Waals surface area contributed by atoms with Crippen molar-refractivity contribution < 1.29 is 4.79 Å². The second kappa shape index (κ2) is 4.90. The fourth-order valence-corrected chi connectivity index (χ4v) is 2.91. The number of nitrogens with zero attached hydrogens (tertiary/aromatic N) is 2. The molecule has 1 atom stereocenters. The lowest BCUT2D eigenvalue weighted by Crippen LogP contribution is -2.15. The summed E-state index contributed by atoms with van der Waals surface area (Å²) in [5.41, 5.74) is 1.76. The quantitative estimate of drug-likeness (QED) is 0.774. The second-order valence-electron chi connectivity index (χ2n) is 4.20. The van der Waals surface area contributed by atoms with Crippen molar-refractivity contribution in [2.24, 2.45) is 4.99 Å². The van der Waals surface area contributed by atoms with E-state index in [4.69, 9.17) is 0 Å². The lowest BCUT2D eigenvalue weighted by molar-refractivity contribution is -0.116. The van der Waals surface area contributed by atoms with Crippen molar-refractivity contribution in [3.05, 3.63) is 42.1 Å². The maximum atomic E-state index is 11.5. The predicted octanol–water partition coefficient (Wildman–Crippen LogP) is 2.34.